The summed E-state index contributed by atoms with van der Waals surface area (Å²) in [6.45, 7) is 0.511. The molecule has 3 rings (SSSR count). The summed E-state index contributed by atoms with van der Waals surface area (Å²) >= 11 is 0. The molecular formula is C25H29N2O3+. The van der Waals surface area contributed by atoms with Crippen LogP contribution in [0.5, 0.6) is 11.5 Å². The molecule has 0 spiro atoms. The van der Waals surface area contributed by atoms with Crippen molar-refractivity contribution in [3.05, 3.63) is 83.9 Å². The number of rotatable bonds is 8. The molecule has 0 saturated heterocycles. The van der Waals surface area contributed by atoms with Gasteiger partial charge in [0, 0.05) is 11.1 Å². The van der Waals surface area contributed by atoms with Gasteiger partial charge in [0.15, 0.2) is 11.5 Å². The summed E-state index contributed by atoms with van der Waals surface area (Å²) in [5.41, 5.74) is 3.95. The summed E-state index contributed by atoms with van der Waals surface area (Å²) in [5, 5.41) is 3.07. The molecule has 1 amide bonds. The molecule has 5 nitrogen and oxygen atoms in total. The Kier molecular flexibility index (Phi) is 7.09. The first kappa shape index (κ1) is 21.4. The fourth-order valence-electron chi connectivity index (χ4n) is 3.47. The molecule has 0 saturated carbocycles. The van der Waals surface area contributed by atoms with E-state index in [1.165, 1.54) is 4.90 Å². The minimum absolute atomic E-state index is 0.0809. The zero-order valence-corrected chi connectivity index (χ0v) is 17.9. The van der Waals surface area contributed by atoms with Gasteiger partial charge in [-0.3, -0.25) is 4.79 Å². The Bertz CT molecular complexity index is 969. The van der Waals surface area contributed by atoms with Gasteiger partial charge >= 0.3 is 0 Å². The number of nitrogens with one attached hydrogen (secondary N) is 2. The second kappa shape index (κ2) is 9.94. The minimum Gasteiger partial charge on any atom is -0.493 e. The van der Waals surface area contributed by atoms with E-state index < -0.39 is 0 Å². The Hall–Kier alpha value is -3.31. The van der Waals surface area contributed by atoms with Crippen molar-refractivity contribution in [3.8, 4) is 22.6 Å². The number of carbonyl (C=O) groups excluding carboxylic acids is 1. The smallest absolute Gasteiger partial charge is 0.251 e. The number of ether oxygens (including phenoxy) is 2. The SMILES string of the molecule is COc1ccc([C@H](CNC(=O)c2ccc(-c3ccccc3)cc2)[NH+](C)C)cc1OC. The molecule has 0 fully saturated rings. The van der Waals surface area contributed by atoms with Gasteiger partial charge in [-0.1, -0.05) is 42.5 Å². The number of benzene rings is 3. The molecule has 0 bridgehead atoms. The molecular weight excluding hydrogens is 376 g/mol. The van der Waals surface area contributed by atoms with Crippen LogP contribution in [0.15, 0.2) is 72.8 Å². The van der Waals surface area contributed by atoms with Crippen LogP contribution in [0.25, 0.3) is 11.1 Å². The lowest BCUT2D eigenvalue weighted by Gasteiger charge is -2.23. The van der Waals surface area contributed by atoms with Crippen LogP contribution in [-0.4, -0.2) is 40.8 Å². The molecule has 0 aliphatic rings. The van der Waals surface area contributed by atoms with E-state index in [1.807, 2.05) is 60.7 Å². The van der Waals surface area contributed by atoms with Crippen LogP contribution in [0, 0.1) is 0 Å². The number of hydrogen-bond donors (Lipinski definition) is 2. The Balaban J connectivity index is 1.70. The van der Waals surface area contributed by atoms with Crippen LogP contribution in [0.2, 0.25) is 0 Å². The maximum atomic E-state index is 12.7. The van der Waals surface area contributed by atoms with E-state index >= 15 is 0 Å². The first-order valence-electron chi connectivity index (χ1n) is 9.99. The fraction of sp³-hybridized carbons (Fsp3) is 0.240. The van der Waals surface area contributed by atoms with Crippen molar-refractivity contribution in [2.45, 2.75) is 6.04 Å². The quantitative estimate of drug-likeness (QED) is 0.606. The summed E-state index contributed by atoms with van der Waals surface area (Å²) in [4.78, 5) is 13.9. The molecule has 0 heterocycles. The molecule has 3 aromatic rings. The molecule has 5 heteroatoms. The predicted octanol–water partition coefficient (Wildman–Crippen LogP) is 2.99. The molecule has 0 unspecified atom stereocenters. The van der Waals surface area contributed by atoms with Crippen LogP contribution < -0.4 is 19.7 Å². The van der Waals surface area contributed by atoms with E-state index in [0.717, 1.165) is 16.7 Å². The highest BCUT2D eigenvalue weighted by atomic mass is 16.5. The summed E-state index contributed by atoms with van der Waals surface area (Å²) in [7, 11) is 7.39. The molecule has 156 valence electrons. The lowest BCUT2D eigenvalue weighted by molar-refractivity contribution is -0.890. The average Bonchev–Trinajstić information content (AvgIpc) is 2.79. The maximum Gasteiger partial charge on any atom is 0.251 e. The van der Waals surface area contributed by atoms with E-state index in [9.17, 15) is 4.79 Å². The van der Waals surface area contributed by atoms with Gasteiger partial charge in [-0.25, -0.2) is 0 Å². The van der Waals surface area contributed by atoms with Gasteiger partial charge in [-0.2, -0.15) is 0 Å². The fourth-order valence-corrected chi connectivity index (χ4v) is 3.47. The number of carbonyl (C=O) groups is 1. The van der Waals surface area contributed by atoms with Gasteiger partial charge in [0.2, 0.25) is 0 Å². The molecule has 0 aromatic heterocycles. The first-order chi connectivity index (χ1) is 14.5. The molecule has 1 atom stereocenters. The van der Waals surface area contributed by atoms with E-state index in [2.05, 4.69) is 31.5 Å². The summed E-state index contributed by atoms with van der Waals surface area (Å²) in [5.74, 6) is 1.29. The third-order valence-electron chi connectivity index (χ3n) is 5.23. The standard InChI is InChI=1S/C25H28N2O3/c1-27(2)22(21-14-15-23(29-3)24(16-21)30-4)17-26-25(28)20-12-10-19(11-13-20)18-8-6-5-7-9-18/h5-16,22H,17H2,1-4H3,(H,26,28)/p+1/t22-/m0/s1. The van der Waals surface area contributed by atoms with Crippen molar-refractivity contribution < 1.29 is 19.2 Å². The van der Waals surface area contributed by atoms with Crippen molar-refractivity contribution in [2.24, 2.45) is 0 Å². The summed E-state index contributed by atoms with van der Waals surface area (Å²) in [6.07, 6.45) is 0. The normalized spacial score (nSPS) is 11.8. The average molecular weight is 406 g/mol. The van der Waals surface area contributed by atoms with Crippen molar-refractivity contribution in [1.29, 1.82) is 0 Å². The summed E-state index contributed by atoms with van der Waals surface area (Å²) < 4.78 is 10.8. The number of hydrogen-bond acceptors (Lipinski definition) is 3. The zero-order valence-electron chi connectivity index (χ0n) is 17.9. The highest BCUT2D eigenvalue weighted by Gasteiger charge is 2.21. The van der Waals surface area contributed by atoms with Gasteiger partial charge < -0.3 is 19.7 Å². The van der Waals surface area contributed by atoms with Gasteiger partial charge in [-0.15, -0.1) is 0 Å². The monoisotopic (exact) mass is 405 g/mol. The third-order valence-corrected chi connectivity index (χ3v) is 5.23. The third kappa shape index (κ3) is 4.99. The van der Waals surface area contributed by atoms with Crippen molar-refractivity contribution in [2.75, 3.05) is 34.9 Å². The number of quaternary nitrogens is 1. The maximum absolute atomic E-state index is 12.7. The van der Waals surface area contributed by atoms with Crippen LogP contribution in [0.4, 0.5) is 0 Å². The second-order valence-corrected chi connectivity index (χ2v) is 7.40. The van der Waals surface area contributed by atoms with Gasteiger partial charge in [0.05, 0.1) is 34.9 Å². The first-order valence-corrected chi connectivity index (χ1v) is 9.99. The lowest BCUT2D eigenvalue weighted by atomic mass is 10.0. The molecule has 0 radical (unpaired) electrons. The van der Waals surface area contributed by atoms with E-state index in [4.69, 9.17) is 9.47 Å². The van der Waals surface area contributed by atoms with E-state index in [-0.39, 0.29) is 11.9 Å². The summed E-state index contributed by atoms with van der Waals surface area (Å²) in [6, 6.07) is 23.8. The largest absolute Gasteiger partial charge is 0.493 e. The highest BCUT2D eigenvalue weighted by molar-refractivity contribution is 5.94. The molecule has 30 heavy (non-hydrogen) atoms. The minimum atomic E-state index is -0.0821. The molecule has 0 aliphatic heterocycles. The lowest BCUT2D eigenvalue weighted by Crippen LogP contribution is -3.07. The van der Waals surface area contributed by atoms with Crippen LogP contribution >= 0.6 is 0 Å². The second-order valence-electron chi connectivity index (χ2n) is 7.40. The molecule has 2 N–H and O–H groups in total. The van der Waals surface area contributed by atoms with Crippen molar-refractivity contribution in [1.82, 2.24) is 5.32 Å². The Morgan fingerprint density at radius 3 is 2.10 bits per heavy atom. The van der Waals surface area contributed by atoms with E-state index in [1.54, 1.807) is 14.2 Å². The molecule has 0 aliphatic carbocycles. The van der Waals surface area contributed by atoms with Crippen molar-refractivity contribution >= 4 is 5.91 Å². The van der Waals surface area contributed by atoms with Crippen LogP contribution in [0.3, 0.4) is 0 Å². The number of methoxy groups -OCH3 is 2. The topological polar surface area (TPSA) is 52.0 Å². The van der Waals surface area contributed by atoms with Gasteiger partial charge in [-0.05, 0) is 41.5 Å². The predicted molar refractivity (Wildman–Crippen MR) is 119 cm³/mol. The molecule has 3 aromatic carbocycles. The number of amides is 1. The Morgan fingerprint density at radius 1 is 0.867 bits per heavy atom. The van der Waals surface area contributed by atoms with Gasteiger partial charge in [0.1, 0.15) is 6.04 Å². The van der Waals surface area contributed by atoms with Crippen molar-refractivity contribution in [3.63, 3.8) is 0 Å². The zero-order chi connectivity index (χ0) is 21.5. The van der Waals surface area contributed by atoms with Crippen LogP contribution in [-0.2, 0) is 0 Å². The van der Waals surface area contributed by atoms with Gasteiger partial charge in [0.25, 0.3) is 5.91 Å². The Morgan fingerprint density at radius 2 is 1.50 bits per heavy atom. The van der Waals surface area contributed by atoms with Crippen LogP contribution in [0.1, 0.15) is 22.0 Å². The Labute approximate surface area is 178 Å². The van der Waals surface area contributed by atoms with E-state index in [0.29, 0.717) is 23.6 Å². The highest BCUT2D eigenvalue weighted by Crippen LogP contribution is 2.29. The number of likely N-dealkylation sites (N-methyl/N-ethyl adjacent to an activating group) is 1.